The number of anilines is 1. The zero-order valence-corrected chi connectivity index (χ0v) is 10.9. The Morgan fingerprint density at radius 3 is 2.78 bits per heavy atom. The molecular weight excluding hydrogens is 226 g/mol. The highest BCUT2D eigenvalue weighted by Crippen LogP contribution is 2.16. The molecule has 0 saturated carbocycles. The fraction of sp³-hybridized carbons (Fsp3) is 0.286. The Morgan fingerprint density at radius 2 is 2.11 bits per heavy atom. The van der Waals surface area contributed by atoms with Crippen molar-refractivity contribution in [2.45, 2.75) is 13.5 Å². The number of aromatic nitrogens is 2. The highest BCUT2D eigenvalue weighted by Gasteiger charge is 2.14. The number of carbonyl (C=O) groups excluding carboxylic acids is 1. The molecule has 1 heterocycles. The summed E-state index contributed by atoms with van der Waals surface area (Å²) >= 11 is 0. The van der Waals surface area contributed by atoms with Crippen LogP contribution in [0.15, 0.2) is 36.5 Å². The fourth-order valence-corrected chi connectivity index (χ4v) is 1.85. The minimum atomic E-state index is 0.0121. The number of nitrogens with zero attached hydrogens (tertiary/aromatic N) is 3. The van der Waals surface area contributed by atoms with Crippen molar-refractivity contribution in [1.82, 2.24) is 9.78 Å². The van der Waals surface area contributed by atoms with Gasteiger partial charge in [-0.05, 0) is 25.1 Å². The SMILES string of the molecule is CCn1nccc1C(=O)c1cccc(N(C)C)c1. The van der Waals surface area contributed by atoms with Crippen LogP contribution >= 0.6 is 0 Å². The van der Waals surface area contributed by atoms with Crippen molar-refractivity contribution < 1.29 is 4.79 Å². The van der Waals surface area contributed by atoms with Gasteiger partial charge in [-0.25, -0.2) is 0 Å². The molecule has 0 aliphatic heterocycles. The van der Waals surface area contributed by atoms with Crippen LogP contribution in [0.25, 0.3) is 0 Å². The van der Waals surface area contributed by atoms with Gasteiger partial charge in [-0.3, -0.25) is 9.48 Å². The molecule has 0 radical (unpaired) electrons. The Balaban J connectivity index is 2.37. The maximum atomic E-state index is 12.4. The number of benzene rings is 1. The Morgan fingerprint density at radius 1 is 1.33 bits per heavy atom. The number of hydrogen-bond donors (Lipinski definition) is 0. The molecule has 0 atom stereocenters. The van der Waals surface area contributed by atoms with Crippen LogP contribution in [0.4, 0.5) is 5.69 Å². The van der Waals surface area contributed by atoms with Crippen LogP contribution in [-0.2, 0) is 6.54 Å². The standard InChI is InChI=1S/C14H17N3O/c1-4-17-13(8-9-15-17)14(18)11-6-5-7-12(10-11)16(2)3/h5-10H,4H2,1-3H3. The molecule has 0 spiro atoms. The molecule has 4 nitrogen and oxygen atoms in total. The molecule has 0 amide bonds. The molecule has 1 aromatic heterocycles. The van der Waals surface area contributed by atoms with Crippen molar-refractivity contribution in [3.8, 4) is 0 Å². The van der Waals surface area contributed by atoms with Crippen molar-refractivity contribution in [3.05, 3.63) is 47.8 Å². The summed E-state index contributed by atoms with van der Waals surface area (Å²) in [5, 5.41) is 4.12. The van der Waals surface area contributed by atoms with Gasteiger partial charge >= 0.3 is 0 Å². The van der Waals surface area contributed by atoms with Gasteiger partial charge < -0.3 is 4.90 Å². The lowest BCUT2D eigenvalue weighted by molar-refractivity contribution is 0.102. The molecule has 0 N–H and O–H groups in total. The predicted octanol–water partition coefficient (Wildman–Crippen LogP) is 2.20. The summed E-state index contributed by atoms with van der Waals surface area (Å²) < 4.78 is 1.71. The van der Waals surface area contributed by atoms with Crippen LogP contribution in [0.5, 0.6) is 0 Å². The molecule has 0 bridgehead atoms. The van der Waals surface area contributed by atoms with Crippen molar-refractivity contribution >= 4 is 11.5 Å². The molecule has 0 saturated heterocycles. The van der Waals surface area contributed by atoms with Crippen molar-refractivity contribution in [1.29, 1.82) is 0 Å². The topological polar surface area (TPSA) is 38.1 Å². The summed E-state index contributed by atoms with van der Waals surface area (Å²) in [6.45, 7) is 2.67. The first kappa shape index (κ1) is 12.4. The lowest BCUT2D eigenvalue weighted by atomic mass is 10.1. The molecule has 1 aromatic carbocycles. The van der Waals surface area contributed by atoms with E-state index < -0.39 is 0 Å². The van der Waals surface area contributed by atoms with Gasteiger partial charge in [-0.2, -0.15) is 5.10 Å². The van der Waals surface area contributed by atoms with E-state index >= 15 is 0 Å². The van der Waals surface area contributed by atoms with E-state index in [4.69, 9.17) is 0 Å². The van der Waals surface area contributed by atoms with Crippen LogP contribution in [0.1, 0.15) is 23.0 Å². The molecule has 18 heavy (non-hydrogen) atoms. The first-order valence-corrected chi connectivity index (χ1v) is 5.97. The predicted molar refractivity (Wildman–Crippen MR) is 72.1 cm³/mol. The third-order valence-electron chi connectivity index (χ3n) is 2.87. The maximum absolute atomic E-state index is 12.4. The number of rotatable bonds is 4. The third kappa shape index (κ3) is 2.27. The van der Waals surface area contributed by atoms with Gasteiger partial charge in [0.15, 0.2) is 0 Å². The largest absolute Gasteiger partial charge is 0.378 e. The summed E-state index contributed by atoms with van der Waals surface area (Å²) in [4.78, 5) is 14.4. The zero-order chi connectivity index (χ0) is 13.1. The number of ketones is 1. The molecule has 0 fully saturated rings. The van der Waals surface area contributed by atoms with E-state index in [1.54, 1.807) is 16.9 Å². The van der Waals surface area contributed by atoms with E-state index in [0.29, 0.717) is 17.8 Å². The number of hydrogen-bond acceptors (Lipinski definition) is 3. The van der Waals surface area contributed by atoms with Gasteiger partial charge in [0.05, 0.1) is 0 Å². The average molecular weight is 243 g/mol. The first-order valence-electron chi connectivity index (χ1n) is 5.97. The highest BCUT2D eigenvalue weighted by molar-refractivity contribution is 6.08. The molecule has 94 valence electrons. The Labute approximate surface area is 107 Å². The maximum Gasteiger partial charge on any atom is 0.211 e. The number of aryl methyl sites for hydroxylation is 1. The second kappa shape index (κ2) is 5.04. The minimum Gasteiger partial charge on any atom is -0.378 e. The van der Waals surface area contributed by atoms with E-state index in [0.717, 1.165) is 5.69 Å². The lowest BCUT2D eigenvalue weighted by Gasteiger charge is -2.13. The first-order chi connectivity index (χ1) is 8.63. The van der Waals surface area contributed by atoms with Crippen LogP contribution in [0, 0.1) is 0 Å². The molecule has 0 unspecified atom stereocenters. The van der Waals surface area contributed by atoms with Gasteiger partial charge in [0.25, 0.3) is 0 Å². The average Bonchev–Trinajstić information content (AvgIpc) is 2.86. The molecule has 2 aromatic rings. The smallest absolute Gasteiger partial charge is 0.211 e. The Kier molecular flexibility index (Phi) is 3.46. The van der Waals surface area contributed by atoms with E-state index in [1.807, 2.05) is 50.2 Å². The van der Waals surface area contributed by atoms with Crippen molar-refractivity contribution in [2.24, 2.45) is 0 Å². The van der Waals surface area contributed by atoms with E-state index in [1.165, 1.54) is 0 Å². The summed E-state index contributed by atoms with van der Waals surface area (Å²) in [7, 11) is 3.92. The summed E-state index contributed by atoms with van der Waals surface area (Å²) in [5.41, 5.74) is 2.34. The molecule has 2 rings (SSSR count). The van der Waals surface area contributed by atoms with Crippen LogP contribution in [0.3, 0.4) is 0 Å². The number of carbonyl (C=O) groups is 1. The summed E-state index contributed by atoms with van der Waals surface area (Å²) in [6, 6.07) is 9.37. The van der Waals surface area contributed by atoms with Crippen LogP contribution in [-0.4, -0.2) is 29.7 Å². The molecular formula is C14H17N3O. The lowest BCUT2D eigenvalue weighted by Crippen LogP contribution is -2.12. The zero-order valence-electron chi connectivity index (χ0n) is 10.9. The van der Waals surface area contributed by atoms with E-state index in [-0.39, 0.29) is 5.78 Å². The van der Waals surface area contributed by atoms with Gasteiger partial charge in [-0.1, -0.05) is 12.1 Å². The van der Waals surface area contributed by atoms with Gasteiger partial charge in [0, 0.05) is 38.1 Å². The van der Waals surface area contributed by atoms with E-state index in [9.17, 15) is 4.79 Å². The monoisotopic (exact) mass is 243 g/mol. The summed E-state index contributed by atoms with van der Waals surface area (Å²) in [5.74, 6) is 0.0121. The fourth-order valence-electron chi connectivity index (χ4n) is 1.85. The van der Waals surface area contributed by atoms with Crippen LogP contribution in [0.2, 0.25) is 0 Å². The normalized spacial score (nSPS) is 10.4. The van der Waals surface area contributed by atoms with E-state index in [2.05, 4.69) is 5.10 Å². The second-order valence-electron chi connectivity index (χ2n) is 4.31. The molecule has 0 aliphatic carbocycles. The minimum absolute atomic E-state index is 0.0121. The molecule has 4 heteroatoms. The third-order valence-corrected chi connectivity index (χ3v) is 2.87. The molecule has 0 aliphatic rings. The second-order valence-corrected chi connectivity index (χ2v) is 4.31. The highest BCUT2D eigenvalue weighted by atomic mass is 16.1. The van der Waals surface area contributed by atoms with Crippen molar-refractivity contribution in [2.75, 3.05) is 19.0 Å². The summed E-state index contributed by atoms with van der Waals surface area (Å²) in [6.07, 6.45) is 1.66. The van der Waals surface area contributed by atoms with Gasteiger partial charge in [-0.15, -0.1) is 0 Å². The Hall–Kier alpha value is -2.10. The van der Waals surface area contributed by atoms with Gasteiger partial charge in [0.2, 0.25) is 5.78 Å². The Bertz CT molecular complexity index is 558. The van der Waals surface area contributed by atoms with Gasteiger partial charge in [0.1, 0.15) is 5.69 Å². The quantitative estimate of drug-likeness (QED) is 0.773. The van der Waals surface area contributed by atoms with Crippen molar-refractivity contribution in [3.63, 3.8) is 0 Å². The van der Waals surface area contributed by atoms with Crippen LogP contribution < -0.4 is 4.90 Å².